The maximum atomic E-state index is 3.28. The van der Waals surface area contributed by atoms with E-state index in [4.69, 9.17) is 0 Å². The van der Waals surface area contributed by atoms with Gasteiger partial charge in [0, 0.05) is 0 Å². The van der Waals surface area contributed by atoms with Gasteiger partial charge in [0.2, 0.25) is 0 Å². The van der Waals surface area contributed by atoms with E-state index in [1.165, 1.54) is 36.8 Å². The van der Waals surface area contributed by atoms with Crippen LogP contribution in [-0.2, 0) is 23.3 Å². The van der Waals surface area contributed by atoms with E-state index in [0.29, 0.717) is 0 Å². The normalized spacial score (nSPS) is 13.3. The van der Waals surface area contributed by atoms with Crippen molar-refractivity contribution in [3.05, 3.63) is 61.4 Å². The molecule has 0 radical (unpaired) electrons. The van der Waals surface area contributed by atoms with Gasteiger partial charge in [-0.1, -0.05) is 40.5 Å². The van der Waals surface area contributed by atoms with Gasteiger partial charge >= 0.3 is 30.2 Å². The SMILES string of the molecule is CCCC1=CC(C)=[C-]C1.CCCC1=CC(C)=[C-]C1.Cl.Cl.[CH3-].[CH3-].[SiH2]=[Zr]. The summed E-state index contributed by atoms with van der Waals surface area (Å²) in [5, 5.41) is 0. The third-order valence-corrected chi connectivity index (χ3v) is 3.17. The number of rotatable bonds is 4. The van der Waals surface area contributed by atoms with Crippen LogP contribution < -0.4 is 0 Å². The van der Waals surface area contributed by atoms with Crippen molar-refractivity contribution in [3.8, 4) is 0 Å². The fraction of sp³-hybridized carbons (Fsp3) is 0.500. The molecule has 0 spiro atoms. The van der Waals surface area contributed by atoms with Gasteiger partial charge in [0.1, 0.15) is 0 Å². The summed E-state index contributed by atoms with van der Waals surface area (Å²) in [6.07, 6.45) is 18.3. The minimum absolute atomic E-state index is 0. The van der Waals surface area contributed by atoms with Crippen LogP contribution in [0.2, 0.25) is 0 Å². The molecule has 2 aliphatic rings. The second kappa shape index (κ2) is 23.6. The van der Waals surface area contributed by atoms with E-state index in [1.807, 2.05) is 6.88 Å². The second-order valence-electron chi connectivity index (χ2n) is 5.18. The van der Waals surface area contributed by atoms with Gasteiger partial charge in [-0.05, 0) is 12.8 Å². The number of halogens is 2. The number of allylic oxidation sites excluding steroid dienone is 8. The Morgan fingerprint density at radius 3 is 1.29 bits per heavy atom. The third-order valence-electron chi connectivity index (χ3n) is 3.17. The van der Waals surface area contributed by atoms with Crippen LogP contribution in [0, 0.1) is 27.0 Å². The minimum atomic E-state index is 0. The molecule has 142 valence electrons. The Hall–Kier alpha value is 0.640. The molecule has 0 unspecified atom stereocenters. The first-order valence-corrected chi connectivity index (χ1v) is 13.5. The van der Waals surface area contributed by atoms with Crippen molar-refractivity contribution in [2.24, 2.45) is 0 Å². The molecule has 0 aromatic heterocycles. The molecule has 0 N–H and O–H groups in total. The zero-order valence-corrected chi connectivity index (χ0v) is 21.9. The zero-order valence-electron chi connectivity index (χ0n) is 16.4. The molecule has 2 rings (SSSR count). The average Bonchev–Trinajstić information content (AvgIpc) is 3.03. The van der Waals surface area contributed by atoms with Crippen LogP contribution in [0.3, 0.4) is 0 Å². The van der Waals surface area contributed by atoms with Gasteiger partial charge in [-0.3, -0.25) is 12.2 Å². The molecule has 0 fully saturated rings. The predicted octanol–water partition coefficient (Wildman–Crippen LogP) is 6.56. The molecule has 0 saturated carbocycles. The molecule has 2 aliphatic carbocycles. The van der Waals surface area contributed by atoms with Crippen LogP contribution in [0.1, 0.15) is 66.2 Å². The molecule has 0 atom stereocenters. The second-order valence-corrected chi connectivity index (χ2v) is 5.18. The third kappa shape index (κ3) is 17.5. The number of hydrogen-bond donors (Lipinski definition) is 0. The molecule has 0 amide bonds. The molecule has 0 bridgehead atoms. The molecule has 0 heterocycles. The molecule has 0 aliphatic heterocycles. The molecule has 4 heteroatoms. The van der Waals surface area contributed by atoms with Gasteiger partial charge in [-0.25, -0.2) is 23.3 Å². The van der Waals surface area contributed by atoms with Crippen molar-refractivity contribution in [2.45, 2.75) is 66.2 Å². The van der Waals surface area contributed by atoms with E-state index >= 15 is 0 Å². The van der Waals surface area contributed by atoms with Gasteiger partial charge in [-0.15, -0.1) is 37.7 Å². The Morgan fingerprint density at radius 2 is 1.12 bits per heavy atom. The molecule has 0 saturated heterocycles. The van der Waals surface area contributed by atoms with Crippen LogP contribution in [0.4, 0.5) is 0 Å². The summed E-state index contributed by atoms with van der Waals surface area (Å²) in [6.45, 7) is 10.6. The van der Waals surface area contributed by atoms with E-state index in [9.17, 15) is 0 Å². The Morgan fingerprint density at radius 1 is 0.833 bits per heavy atom. The van der Waals surface area contributed by atoms with Crippen molar-refractivity contribution in [1.82, 2.24) is 0 Å². The standard InChI is InChI=1S/2C9H13.2CH3.2ClH.H2Si.Zr/c2*1-3-4-9-6-5-8(2)7-9;;;;;;/h2*7H,3-4,6H2,1-2H3;2*1H3;2*1H;1H2;/q4*-1;;;;. The van der Waals surface area contributed by atoms with E-state index in [2.05, 4.69) is 52.0 Å². The van der Waals surface area contributed by atoms with Crippen LogP contribution in [-0.4, -0.2) is 6.88 Å². The Kier molecular flexibility index (Phi) is 35.2. The predicted molar refractivity (Wildman–Crippen MR) is 116 cm³/mol. The summed E-state index contributed by atoms with van der Waals surface area (Å²) in [7, 11) is 0. The summed E-state index contributed by atoms with van der Waals surface area (Å²) < 4.78 is 0. The number of hydrogen-bond acceptors (Lipinski definition) is 0. The topological polar surface area (TPSA) is 0 Å². The molecular formula is C20H36Cl2SiZr-4. The quantitative estimate of drug-likeness (QED) is 0.325. The van der Waals surface area contributed by atoms with Crippen molar-refractivity contribution in [2.75, 3.05) is 0 Å². The van der Waals surface area contributed by atoms with E-state index in [1.54, 1.807) is 34.5 Å². The summed E-state index contributed by atoms with van der Waals surface area (Å²) in [5.74, 6) is 0. The zero-order chi connectivity index (χ0) is 15.4. The van der Waals surface area contributed by atoms with E-state index < -0.39 is 0 Å². The summed E-state index contributed by atoms with van der Waals surface area (Å²) in [5.41, 5.74) is 5.74. The van der Waals surface area contributed by atoms with Crippen molar-refractivity contribution in [3.63, 3.8) is 0 Å². The first-order valence-electron chi connectivity index (χ1n) is 7.54. The van der Waals surface area contributed by atoms with Crippen molar-refractivity contribution < 1.29 is 23.3 Å². The van der Waals surface area contributed by atoms with Crippen LogP contribution >= 0.6 is 24.8 Å². The molecule has 24 heavy (non-hydrogen) atoms. The Bertz CT molecular complexity index is 372. The first kappa shape index (κ1) is 35.7. The van der Waals surface area contributed by atoms with Crippen molar-refractivity contribution >= 4 is 31.7 Å². The Labute approximate surface area is 181 Å². The van der Waals surface area contributed by atoms with E-state index in [-0.39, 0.29) is 39.7 Å². The first-order chi connectivity index (χ1) is 9.65. The van der Waals surface area contributed by atoms with Crippen molar-refractivity contribution in [1.29, 1.82) is 0 Å². The van der Waals surface area contributed by atoms with Gasteiger partial charge in [0.15, 0.2) is 0 Å². The van der Waals surface area contributed by atoms with Gasteiger partial charge in [-0.2, -0.15) is 11.1 Å². The monoisotopic (exact) mass is 464 g/mol. The maximum absolute atomic E-state index is 3.28. The van der Waals surface area contributed by atoms with Gasteiger partial charge < -0.3 is 14.9 Å². The summed E-state index contributed by atoms with van der Waals surface area (Å²) in [6, 6.07) is 0. The van der Waals surface area contributed by atoms with Gasteiger partial charge in [0.25, 0.3) is 0 Å². The summed E-state index contributed by atoms with van der Waals surface area (Å²) in [4.78, 5) is 0. The molecule has 0 aromatic carbocycles. The molecule has 0 nitrogen and oxygen atoms in total. The fourth-order valence-electron chi connectivity index (χ4n) is 2.29. The summed E-state index contributed by atoms with van der Waals surface area (Å²) >= 11 is 1.58. The van der Waals surface area contributed by atoms with Crippen LogP contribution in [0.5, 0.6) is 0 Å². The van der Waals surface area contributed by atoms with Crippen LogP contribution in [0.25, 0.3) is 0 Å². The van der Waals surface area contributed by atoms with E-state index in [0.717, 1.165) is 12.8 Å². The average molecular weight is 467 g/mol. The molecule has 0 aromatic rings. The van der Waals surface area contributed by atoms with Gasteiger partial charge in [0.05, 0.1) is 0 Å². The molecular weight excluding hydrogens is 430 g/mol. The Balaban J connectivity index is -0.0000000789. The van der Waals surface area contributed by atoms with Crippen LogP contribution in [0.15, 0.2) is 34.4 Å². The fourth-order valence-corrected chi connectivity index (χ4v) is 2.29.